The van der Waals surface area contributed by atoms with E-state index in [0.717, 1.165) is 34.5 Å². The van der Waals surface area contributed by atoms with Gasteiger partial charge in [0, 0.05) is 28.7 Å². The van der Waals surface area contributed by atoms with Gasteiger partial charge in [0.15, 0.2) is 0 Å². The van der Waals surface area contributed by atoms with E-state index in [9.17, 15) is 0 Å². The molecule has 3 N–H and O–H groups in total. The molecule has 1 aromatic carbocycles. The van der Waals surface area contributed by atoms with Gasteiger partial charge in [-0.3, -0.25) is 0 Å². The SMILES string of the molecule is NC1CC(Nc2nccc3ccc(Cl)cc23)C1. The minimum absolute atomic E-state index is 0.339. The summed E-state index contributed by atoms with van der Waals surface area (Å²) < 4.78 is 0. The minimum atomic E-state index is 0.339. The van der Waals surface area contributed by atoms with Crippen LogP contribution in [0.4, 0.5) is 5.82 Å². The molecule has 1 fully saturated rings. The summed E-state index contributed by atoms with van der Waals surface area (Å²) in [6.45, 7) is 0. The molecule has 1 aliphatic carbocycles. The first-order valence-corrected chi connectivity index (χ1v) is 6.16. The third-order valence-electron chi connectivity index (χ3n) is 3.24. The zero-order valence-corrected chi connectivity index (χ0v) is 10.1. The van der Waals surface area contributed by atoms with Gasteiger partial charge in [0.25, 0.3) is 0 Å². The molecular formula is C13H14ClN3. The Morgan fingerprint density at radius 2 is 2.12 bits per heavy atom. The van der Waals surface area contributed by atoms with Crippen molar-refractivity contribution in [1.82, 2.24) is 4.98 Å². The second kappa shape index (κ2) is 4.17. The smallest absolute Gasteiger partial charge is 0.134 e. The number of hydrogen-bond acceptors (Lipinski definition) is 3. The van der Waals surface area contributed by atoms with Crippen LogP contribution in [0.25, 0.3) is 10.8 Å². The van der Waals surface area contributed by atoms with Crippen molar-refractivity contribution in [1.29, 1.82) is 0 Å². The fourth-order valence-electron chi connectivity index (χ4n) is 2.23. The summed E-state index contributed by atoms with van der Waals surface area (Å²) >= 11 is 6.02. The number of nitrogens with one attached hydrogen (secondary N) is 1. The zero-order chi connectivity index (χ0) is 11.8. The van der Waals surface area contributed by atoms with E-state index in [0.29, 0.717) is 12.1 Å². The molecule has 1 heterocycles. The number of fused-ring (bicyclic) bond motifs is 1. The molecule has 88 valence electrons. The van der Waals surface area contributed by atoms with E-state index in [-0.39, 0.29) is 0 Å². The summed E-state index contributed by atoms with van der Waals surface area (Å²) in [4.78, 5) is 4.38. The number of anilines is 1. The van der Waals surface area contributed by atoms with E-state index >= 15 is 0 Å². The van der Waals surface area contributed by atoms with Crippen LogP contribution in [0.5, 0.6) is 0 Å². The lowest BCUT2D eigenvalue weighted by molar-refractivity contribution is 0.373. The average Bonchev–Trinajstić information content (AvgIpc) is 2.28. The second-order valence-electron chi connectivity index (χ2n) is 4.60. The minimum Gasteiger partial charge on any atom is -0.367 e. The first-order valence-electron chi connectivity index (χ1n) is 5.79. The van der Waals surface area contributed by atoms with Crippen LogP contribution >= 0.6 is 11.6 Å². The number of rotatable bonds is 2. The maximum atomic E-state index is 6.02. The van der Waals surface area contributed by atoms with Crippen LogP contribution in [0.3, 0.4) is 0 Å². The molecule has 2 aromatic rings. The summed E-state index contributed by atoms with van der Waals surface area (Å²) in [5.74, 6) is 0.905. The van der Waals surface area contributed by atoms with Crippen LogP contribution in [0.15, 0.2) is 30.5 Å². The molecule has 0 aliphatic heterocycles. The maximum absolute atomic E-state index is 6.02. The Balaban J connectivity index is 1.95. The first kappa shape index (κ1) is 10.8. The third kappa shape index (κ3) is 2.08. The second-order valence-corrected chi connectivity index (χ2v) is 5.03. The zero-order valence-electron chi connectivity index (χ0n) is 9.36. The Labute approximate surface area is 105 Å². The van der Waals surface area contributed by atoms with Crippen LogP contribution in [0.1, 0.15) is 12.8 Å². The number of nitrogens with zero attached hydrogens (tertiary/aromatic N) is 1. The van der Waals surface area contributed by atoms with E-state index < -0.39 is 0 Å². The molecule has 3 rings (SSSR count). The van der Waals surface area contributed by atoms with Crippen LogP contribution < -0.4 is 11.1 Å². The molecular weight excluding hydrogens is 234 g/mol. The predicted octanol–water partition coefficient (Wildman–Crippen LogP) is 2.79. The number of hydrogen-bond donors (Lipinski definition) is 2. The Bertz CT molecular complexity index is 549. The Morgan fingerprint density at radius 3 is 2.88 bits per heavy atom. The maximum Gasteiger partial charge on any atom is 0.134 e. The molecule has 1 aromatic heterocycles. The molecule has 0 radical (unpaired) electrons. The van der Waals surface area contributed by atoms with E-state index in [1.54, 1.807) is 0 Å². The number of pyridine rings is 1. The number of benzene rings is 1. The van der Waals surface area contributed by atoms with Gasteiger partial charge < -0.3 is 11.1 Å². The fraction of sp³-hybridized carbons (Fsp3) is 0.308. The fourth-order valence-corrected chi connectivity index (χ4v) is 2.40. The highest BCUT2D eigenvalue weighted by atomic mass is 35.5. The Morgan fingerprint density at radius 1 is 1.29 bits per heavy atom. The predicted molar refractivity (Wildman–Crippen MR) is 71.4 cm³/mol. The number of nitrogens with two attached hydrogens (primary N) is 1. The lowest BCUT2D eigenvalue weighted by atomic mass is 9.87. The van der Waals surface area contributed by atoms with E-state index in [1.807, 2.05) is 30.5 Å². The molecule has 0 bridgehead atoms. The summed E-state index contributed by atoms with van der Waals surface area (Å²) in [7, 11) is 0. The Kier molecular flexibility index (Phi) is 2.65. The van der Waals surface area contributed by atoms with Gasteiger partial charge in [-0.25, -0.2) is 4.98 Å². The normalized spacial score (nSPS) is 23.4. The number of halogens is 1. The quantitative estimate of drug-likeness (QED) is 0.858. The average molecular weight is 248 g/mol. The molecule has 17 heavy (non-hydrogen) atoms. The lowest BCUT2D eigenvalue weighted by Crippen LogP contribution is -2.44. The van der Waals surface area contributed by atoms with Crippen molar-refractivity contribution >= 4 is 28.2 Å². The van der Waals surface area contributed by atoms with Gasteiger partial charge in [0.1, 0.15) is 5.82 Å². The molecule has 3 nitrogen and oxygen atoms in total. The summed E-state index contributed by atoms with van der Waals surface area (Å²) in [5, 5.41) is 6.38. The standard InChI is InChI=1S/C13H14ClN3/c14-9-2-1-8-3-4-16-13(12(8)5-9)17-11-6-10(15)7-11/h1-5,10-11H,6-7,15H2,(H,16,17). The molecule has 0 amide bonds. The lowest BCUT2D eigenvalue weighted by Gasteiger charge is -2.33. The van der Waals surface area contributed by atoms with Gasteiger partial charge >= 0.3 is 0 Å². The van der Waals surface area contributed by atoms with Gasteiger partial charge in [-0.1, -0.05) is 17.7 Å². The van der Waals surface area contributed by atoms with Crippen molar-refractivity contribution in [2.24, 2.45) is 5.73 Å². The Hall–Kier alpha value is -1.32. The van der Waals surface area contributed by atoms with Crippen molar-refractivity contribution in [2.75, 3.05) is 5.32 Å². The van der Waals surface area contributed by atoms with E-state index in [4.69, 9.17) is 17.3 Å². The third-order valence-corrected chi connectivity index (χ3v) is 3.48. The van der Waals surface area contributed by atoms with Gasteiger partial charge in [0.05, 0.1) is 0 Å². The molecule has 0 spiro atoms. The van der Waals surface area contributed by atoms with Crippen LogP contribution in [0, 0.1) is 0 Å². The van der Waals surface area contributed by atoms with Gasteiger partial charge in [-0.05, 0) is 36.4 Å². The highest BCUT2D eigenvalue weighted by Gasteiger charge is 2.26. The van der Waals surface area contributed by atoms with Crippen molar-refractivity contribution in [3.05, 3.63) is 35.5 Å². The highest BCUT2D eigenvalue weighted by molar-refractivity contribution is 6.31. The topological polar surface area (TPSA) is 50.9 Å². The highest BCUT2D eigenvalue weighted by Crippen LogP contribution is 2.28. The van der Waals surface area contributed by atoms with E-state index in [1.165, 1.54) is 0 Å². The van der Waals surface area contributed by atoms with Crippen molar-refractivity contribution < 1.29 is 0 Å². The van der Waals surface area contributed by atoms with E-state index in [2.05, 4.69) is 10.3 Å². The van der Waals surface area contributed by atoms with Crippen LogP contribution in [-0.4, -0.2) is 17.1 Å². The van der Waals surface area contributed by atoms with Gasteiger partial charge in [-0.2, -0.15) is 0 Å². The summed E-state index contributed by atoms with van der Waals surface area (Å²) in [6, 6.07) is 8.63. The van der Waals surface area contributed by atoms with Crippen LogP contribution in [0.2, 0.25) is 5.02 Å². The molecule has 0 saturated heterocycles. The van der Waals surface area contributed by atoms with Crippen molar-refractivity contribution in [2.45, 2.75) is 24.9 Å². The molecule has 4 heteroatoms. The van der Waals surface area contributed by atoms with Crippen molar-refractivity contribution in [3.8, 4) is 0 Å². The summed E-state index contributed by atoms with van der Waals surface area (Å²) in [5.41, 5.74) is 5.78. The number of aromatic nitrogens is 1. The van der Waals surface area contributed by atoms with Gasteiger partial charge in [0.2, 0.25) is 0 Å². The largest absolute Gasteiger partial charge is 0.367 e. The molecule has 0 unspecified atom stereocenters. The van der Waals surface area contributed by atoms with Crippen molar-refractivity contribution in [3.63, 3.8) is 0 Å². The van der Waals surface area contributed by atoms with Crippen LogP contribution in [-0.2, 0) is 0 Å². The van der Waals surface area contributed by atoms with Gasteiger partial charge in [-0.15, -0.1) is 0 Å². The first-order chi connectivity index (χ1) is 8.22. The molecule has 1 aliphatic rings. The monoisotopic (exact) mass is 247 g/mol. The molecule has 0 atom stereocenters. The summed E-state index contributed by atoms with van der Waals surface area (Å²) in [6.07, 6.45) is 3.84. The molecule has 1 saturated carbocycles.